The lowest BCUT2D eigenvalue weighted by Gasteiger charge is -2.04. The second kappa shape index (κ2) is 6.69. The molecule has 2 aromatic carbocycles. The van der Waals surface area contributed by atoms with E-state index in [1.54, 1.807) is 0 Å². The van der Waals surface area contributed by atoms with Gasteiger partial charge in [0.15, 0.2) is 0 Å². The second-order valence-electron chi connectivity index (χ2n) is 5.87. The van der Waals surface area contributed by atoms with Crippen molar-refractivity contribution in [3.05, 3.63) is 90.8 Å². The smallest absolute Gasteiger partial charge is 0.137 e. The molecule has 26 heavy (non-hydrogen) atoms. The van der Waals surface area contributed by atoms with Gasteiger partial charge in [0.1, 0.15) is 5.65 Å². The van der Waals surface area contributed by atoms with Crippen LogP contribution in [0.2, 0.25) is 0 Å². The zero-order valence-electron chi connectivity index (χ0n) is 13.9. The summed E-state index contributed by atoms with van der Waals surface area (Å²) < 4.78 is 1.86. The lowest BCUT2D eigenvalue weighted by Crippen LogP contribution is -2.18. The summed E-state index contributed by atoms with van der Waals surface area (Å²) in [5, 5.41) is 10.9. The molecule has 4 rings (SSSR count). The number of hydrogen-bond acceptors (Lipinski definition) is 3. The van der Waals surface area contributed by atoms with Crippen molar-refractivity contribution in [2.45, 2.75) is 0 Å². The van der Waals surface area contributed by atoms with Crippen LogP contribution in [0, 0.1) is 0 Å². The number of carbonyl (C=O) groups is 1. The number of carbonyl (C=O) groups excluding carboxylic acids is 1. The molecule has 0 aliphatic rings. The number of aliphatic carboxylic acids is 1. The van der Waals surface area contributed by atoms with E-state index in [1.165, 1.54) is 6.08 Å². The van der Waals surface area contributed by atoms with Crippen molar-refractivity contribution in [3.63, 3.8) is 0 Å². The quantitative estimate of drug-likeness (QED) is 0.535. The summed E-state index contributed by atoms with van der Waals surface area (Å²) in [6.45, 7) is 0. The van der Waals surface area contributed by atoms with Crippen molar-refractivity contribution in [1.82, 2.24) is 9.38 Å². The first-order valence-electron chi connectivity index (χ1n) is 8.24. The number of rotatable bonds is 4. The molecule has 0 atom stereocenters. The predicted molar refractivity (Wildman–Crippen MR) is 100 cm³/mol. The Kier molecular flexibility index (Phi) is 4.07. The van der Waals surface area contributed by atoms with Crippen molar-refractivity contribution in [2.75, 3.05) is 0 Å². The largest absolute Gasteiger partial charge is 0.545 e. The summed E-state index contributed by atoms with van der Waals surface area (Å²) in [4.78, 5) is 15.5. The van der Waals surface area contributed by atoms with Crippen molar-refractivity contribution in [1.29, 1.82) is 0 Å². The Balaban J connectivity index is 1.81. The lowest BCUT2D eigenvalue weighted by molar-refractivity contribution is -0.297. The Labute approximate surface area is 150 Å². The number of aromatic nitrogens is 2. The van der Waals surface area contributed by atoms with Crippen LogP contribution in [0.15, 0.2) is 85.1 Å². The third-order valence-corrected chi connectivity index (χ3v) is 4.21. The van der Waals surface area contributed by atoms with Gasteiger partial charge in [0.2, 0.25) is 0 Å². The minimum absolute atomic E-state index is 0.706. The van der Waals surface area contributed by atoms with Crippen molar-refractivity contribution in [3.8, 4) is 22.4 Å². The number of pyridine rings is 1. The third kappa shape index (κ3) is 3.00. The van der Waals surface area contributed by atoms with Gasteiger partial charge < -0.3 is 9.90 Å². The standard InChI is InChI=1S/C22H16N2O2/c25-21(26)14-13-19-22(23-20-8-4-5-15-24(19)20)18-11-9-17(10-12-18)16-6-2-1-3-7-16/h1-15H,(H,25,26)/p-1/b14-13+. The van der Waals surface area contributed by atoms with Crippen LogP contribution in [0.25, 0.3) is 34.1 Å². The van der Waals surface area contributed by atoms with Crippen molar-refractivity contribution in [2.24, 2.45) is 0 Å². The highest BCUT2D eigenvalue weighted by molar-refractivity contribution is 5.86. The van der Waals surface area contributed by atoms with Crippen molar-refractivity contribution < 1.29 is 9.90 Å². The van der Waals surface area contributed by atoms with Gasteiger partial charge in [-0.05, 0) is 35.4 Å². The van der Waals surface area contributed by atoms with Gasteiger partial charge in [-0.15, -0.1) is 0 Å². The Bertz CT molecular complexity index is 1090. The van der Waals surface area contributed by atoms with E-state index in [4.69, 9.17) is 0 Å². The van der Waals surface area contributed by atoms with Gasteiger partial charge in [-0.1, -0.05) is 60.7 Å². The summed E-state index contributed by atoms with van der Waals surface area (Å²) in [5.41, 5.74) is 5.38. The van der Waals surface area contributed by atoms with Crippen LogP contribution in [-0.2, 0) is 4.79 Å². The number of hydrogen-bond donors (Lipinski definition) is 0. The van der Waals surface area contributed by atoms with Gasteiger partial charge >= 0.3 is 0 Å². The molecule has 0 unspecified atom stereocenters. The molecule has 4 aromatic rings. The molecule has 4 heteroatoms. The van der Waals surface area contributed by atoms with Crippen LogP contribution in [0.3, 0.4) is 0 Å². The highest BCUT2D eigenvalue weighted by atomic mass is 16.4. The first kappa shape index (κ1) is 15.8. The normalized spacial score (nSPS) is 11.2. The van der Waals surface area contributed by atoms with Crippen LogP contribution in [0.5, 0.6) is 0 Å². The van der Waals surface area contributed by atoms with Gasteiger partial charge in [0.25, 0.3) is 0 Å². The van der Waals surface area contributed by atoms with E-state index in [0.717, 1.165) is 34.1 Å². The molecule has 2 heterocycles. The number of carboxylic acids is 1. The molecule has 0 N–H and O–H groups in total. The van der Waals surface area contributed by atoms with Crippen LogP contribution >= 0.6 is 0 Å². The zero-order valence-corrected chi connectivity index (χ0v) is 13.9. The number of imidazole rings is 1. The fraction of sp³-hybridized carbons (Fsp3) is 0. The first-order valence-corrected chi connectivity index (χ1v) is 8.24. The summed E-state index contributed by atoms with van der Waals surface area (Å²) in [6, 6.07) is 23.9. The maximum Gasteiger partial charge on any atom is 0.137 e. The Morgan fingerprint density at radius 3 is 2.23 bits per heavy atom. The van der Waals surface area contributed by atoms with E-state index in [2.05, 4.69) is 17.1 Å². The third-order valence-electron chi connectivity index (χ3n) is 4.21. The molecule has 4 nitrogen and oxygen atoms in total. The summed E-state index contributed by atoms with van der Waals surface area (Å²) in [7, 11) is 0. The SMILES string of the molecule is O=C([O-])/C=C/c1c(-c2ccc(-c3ccccc3)cc2)nc2ccccn12. The van der Waals surface area contributed by atoms with E-state index in [9.17, 15) is 9.90 Å². The van der Waals surface area contributed by atoms with E-state index in [0.29, 0.717) is 5.69 Å². The predicted octanol–water partition coefficient (Wildman–Crippen LogP) is 3.43. The van der Waals surface area contributed by atoms with Gasteiger partial charge in [-0.3, -0.25) is 4.40 Å². The summed E-state index contributed by atoms with van der Waals surface area (Å²) in [6.07, 6.45) is 4.41. The topological polar surface area (TPSA) is 57.4 Å². The molecule has 0 fully saturated rings. The molecule has 0 aliphatic carbocycles. The molecule has 0 aliphatic heterocycles. The fourth-order valence-electron chi connectivity index (χ4n) is 2.98. The van der Waals surface area contributed by atoms with Crippen LogP contribution in [0.4, 0.5) is 0 Å². The molecule has 0 saturated heterocycles. The first-order chi connectivity index (χ1) is 12.7. The summed E-state index contributed by atoms with van der Waals surface area (Å²) in [5.74, 6) is -1.23. The van der Waals surface area contributed by atoms with Crippen LogP contribution in [-0.4, -0.2) is 15.4 Å². The average molecular weight is 339 g/mol. The van der Waals surface area contributed by atoms with Crippen LogP contribution < -0.4 is 5.11 Å². The number of fused-ring (bicyclic) bond motifs is 1. The molecule has 0 saturated carbocycles. The maximum absolute atomic E-state index is 10.9. The van der Waals surface area contributed by atoms with E-state index in [-0.39, 0.29) is 0 Å². The average Bonchev–Trinajstić information content (AvgIpc) is 3.06. The minimum atomic E-state index is -1.23. The Morgan fingerprint density at radius 1 is 0.846 bits per heavy atom. The Hall–Kier alpha value is -3.66. The number of carboxylic acid groups (broad SMARTS) is 1. The number of nitrogens with zero attached hydrogens (tertiary/aromatic N) is 2. The highest BCUT2D eigenvalue weighted by Crippen LogP contribution is 2.28. The molecule has 0 radical (unpaired) electrons. The van der Waals surface area contributed by atoms with Gasteiger partial charge in [0.05, 0.1) is 17.4 Å². The molecule has 0 bridgehead atoms. The molecular formula is C22H15N2O2-. The number of benzene rings is 2. The van der Waals surface area contributed by atoms with Crippen LogP contribution in [0.1, 0.15) is 5.69 Å². The molecule has 126 valence electrons. The van der Waals surface area contributed by atoms with Crippen molar-refractivity contribution >= 4 is 17.7 Å². The van der Waals surface area contributed by atoms with Gasteiger partial charge in [-0.2, -0.15) is 0 Å². The molecule has 0 spiro atoms. The molecule has 0 amide bonds. The van der Waals surface area contributed by atoms with E-state index < -0.39 is 5.97 Å². The maximum atomic E-state index is 10.9. The van der Waals surface area contributed by atoms with Gasteiger partial charge in [0, 0.05) is 11.8 Å². The summed E-state index contributed by atoms with van der Waals surface area (Å²) >= 11 is 0. The van der Waals surface area contributed by atoms with Gasteiger partial charge in [-0.25, -0.2) is 4.98 Å². The lowest BCUT2D eigenvalue weighted by atomic mass is 10.0. The fourth-order valence-corrected chi connectivity index (χ4v) is 2.98. The molecular weight excluding hydrogens is 324 g/mol. The zero-order chi connectivity index (χ0) is 17.9. The van der Waals surface area contributed by atoms with E-state index in [1.807, 2.05) is 71.3 Å². The molecule has 2 aromatic heterocycles. The monoisotopic (exact) mass is 339 g/mol. The second-order valence-corrected chi connectivity index (χ2v) is 5.87. The Morgan fingerprint density at radius 2 is 1.50 bits per heavy atom. The van der Waals surface area contributed by atoms with E-state index >= 15 is 0 Å². The minimum Gasteiger partial charge on any atom is -0.545 e. The highest BCUT2D eigenvalue weighted by Gasteiger charge is 2.11.